The number of hydrogen-bond donors (Lipinski definition) is 2. The second-order valence-corrected chi connectivity index (χ2v) is 7.12. The summed E-state index contributed by atoms with van der Waals surface area (Å²) >= 11 is 0. The summed E-state index contributed by atoms with van der Waals surface area (Å²) < 4.78 is 40.5. The van der Waals surface area contributed by atoms with Crippen LogP contribution in [0.15, 0.2) is 23.1 Å². The van der Waals surface area contributed by atoms with Crippen molar-refractivity contribution in [2.45, 2.75) is 50.0 Å². The number of anilines is 1. The Bertz CT molecular complexity index is 575. The lowest BCUT2D eigenvalue weighted by molar-refractivity contribution is 0.301. The minimum absolute atomic E-state index is 0.0711. The summed E-state index contributed by atoms with van der Waals surface area (Å²) in [6.07, 6.45) is 4.89. The third-order valence-corrected chi connectivity index (χ3v) is 5.52. The average Bonchev–Trinajstić information content (AvgIpc) is 2.41. The van der Waals surface area contributed by atoms with E-state index in [0.29, 0.717) is 5.92 Å². The molecule has 2 rings (SSSR count). The van der Waals surface area contributed by atoms with E-state index in [9.17, 15) is 12.8 Å². The van der Waals surface area contributed by atoms with Crippen molar-refractivity contribution >= 4 is 15.7 Å². The summed E-state index contributed by atoms with van der Waals surface area (Å²) in [6.45, 7) is 2.12. The predicted molar refractivity (Wildman–Crippen MR) is 77.2 cm³/mol. The minimum atomic E-state index is -3.76. The van der Waals surface area contributed by atoms with Gasteiger partial charge in [0.2, 0.25) is 10.0 Å². The normalized spacial score (nSPS) is 23.7. The van der Waals surface area contributed by atoms with Gasteiger partial charge in [0.25, 0.3) is 0 Å². The van der Waals surface area contributed by atoms with Crippen molar-refractivity contribution in [2.24, 2.45) is 5.92 Å². The first-order valence-corrected chi connectivity index (χ1v) is 8.48. The minimum Gasteiger partial charge on any atom is -0.398 e. The quantitative estimate of drug-likeness (QED) is 0.840. The van der Waals surface area contributed by atoms with Crippen LogP contribution >= 0.6 is 0 Å². The molecule has 1 saturated carbocycles. The highest BCUT2D eigenvalue weighted by Crippen LogP contribution is 2.28. The molecule has 0 saturated heterocycles. The number of rotatable bonds is 4. The van der Waals surface area contributed by atoms with E-state index in [4.69, 9.17) is 5.73 Å². The molecule has 1 aromatic rings. The Morgan fingerprint density at radius 1 is 1.40 bits per heavy atom. The maximum Gasteiger partial charge on any atom is 0.242 e. The van der Waals surface area contributed by atoms with Crippen molar-refractivity contribution in [1.29, 1.82) is 0 Å². The third-order valence-electron chi connectivity index (χ3n) is 3.95. The van der Waals surface area contributed by atoms with Crippen LogP contribution in [0.4, 0.5) is 10.1 Å². The molecule has 6 heteroatoms. The van der Waals surface area contributed by atoms with Crippen molar-refractivity contribution in [1.82, 2.24) is 4.72 Å². The lowest BCUT2D eigenvalue weighted by Gasteiger charge is -2.29. The summed E-state index contributed by atoms with van der Waals surface area (Å²) in [4.78, 5) is -0.170. The van der Waals surface area contributed by atoms with Gasteiger partial charge >= 0.3 is 0 Å². The van der Waals surface area contributed by atoms with Crippen LogP contribution in [0.3, 0.4) is 0 Å². The molecule has 0 amide bonds. The number of sulfonamides is 1. The summed E-state index contributed by atoms with van der Waals surface area (Å²) in [7, 11) is -3.76. The Kier molecular flexibility index (Phi) is 4.65. The van der Waals surface area contributed by atoms with E-state index >= 15 is 0 Å². The van der Waals surface area contributed by atoms with E-state index in [1.54, 1.807) is 0 Å². The highest BCUT2D eigenvalue weighted by Gasteiger charge is 2.27. The van der Waals surface area contributed by atoms with Crippen LogP contribution in [0.25, 0.3) is 0 Å². The monoisotopic (exact) mass is 300 g/mol. The van der Waals surface area contributed by atoms with Crippen molar-refractivity contribution in [2.75, 3.05) is 5.73 Å². The molecule has 3 N–H and O–H groups in total. The largest absolute Gasteiger partial charge is 0.398 e. The van der Waals surface area contributed by atoms with Gasteiger partial charge in [-0.25, -0.2) is 17.5 Å². The molecule has 20 heavy (non-hydrogen) atoms. The number of benzene rings is 1. The van der Waals surface area contributed by atoms with Gasteiger partial charge in [-0.05, 0) is 37.0 Å². The zero-order valence-corrected chi connectivity index (χ0v) is 12.4. The Balaban J connectivity index is 2.16. The summed E-state index contributed by atoms with van der Waals surface area (Å²) in [6, 6.07) is 3.32. The van der Waals surface area contributed by atoms with Crippen LogP contribution in [0.1, 0.15) is 39.0 Å². The number of hydrogen-bond acceptors (Lipinski definition) is 3. The summed E-state index contributed by atoms with van der Waals surface area (Å²) in [5.74, 6) is -0.0454. The van der Waals surface area contributed by atoms with Gasteiger partial charge in [-0.15, -0.1) is 0 Å². The number of nitrogens with two attached hydrogens (primary N) is 1. The lowest BCUT2D eigenvalue weighted by Crippen LogP contribution is -2.38. The first kappa shape index (κ1) is 15.3. The van der Waals surface area contributed by atoms with Crippen LogP contribution in [0, 0.1) is 11.7 Å². The van der Waals surface area contributed by atoms with Gasteiger partial charge in [0, 0.05) is 6.04 Å². The van der Waals surface area contributed by atoms with Gasteiger partial charge in [0.1, 0.15) is 10.7 Å². The molecular formula is C14H21FN2O2S. The summed E-state index contributed by atoms with van der Waals surface area (Å²) in [5, 5.41) is 0. The average molecular weight is 300 g/mol. The van der Waals surface area contributed by atoms with Gasteiger partial charge in [-0.2, -0.15) is 0 Å². The maximum absolute atomic E-state index is 13.2. The first-order valence-electron chi connectivity index (χ1n) is 6.99. The smallest absolute Gasteiger partial charge is 0.242 e. The number of halogens is 1. The number of nitrogens with one attached hydrogen (secondary N) is 1. The molecule has 0 radical (unpaired) electrons. The van der Waals surface area contributed by atoms with Crippen LogP contribution < -0.4 is 10.5 Å². The molecule has 1 aliphatic rings. The molecular weight excluding hydrogens is 279 g/mol. The van der Waals surface area contributed by atoms with E-state index in [1.807, 2.05) is 0 Å². The van der Waals surface area contributed by atoms with E-state index < -0.39 is 15.8 Å². The summed E-state index contributed by atoms with van der Waals surface area (Å²) in [5.41, 5.74) is 5.72. The van der Waals surface area contributed by atoms with Gasteiger partial charge in [0.15, 0.2) is 0 Å². The number of nitrogen functional groups attached to an aromatic ring is 1. The van der Waals surface area contributed by atoms with Crippen LogP contribution in [0.5, 0.6) is 0 Å². The zero-order chi connectivity index (χ0) is 14.8. The van der Waals surface area contributed by atoms with Crippen molar-refractivity contribution in [3.63, 3.8) is 0 Å². The zero-order valence-electron chi connectivity index (χ0n) is 11.6. The fourth-order valence-electron chi connectivity index (χ4n) is 2.79. The van der Waals surface area contributed by atoms with Crippen molar-refractivity contribution in [3.8, 4) is 0 Å². The maximum atomic E-state index is 13.2. The molecule has 0 heterocycles. The van der Waals surface area contributed by atoms with Gasteiger partial charge in [-0.3, -0.25) is 0 Å². The molecule has 2 atom stereocenters. The molecule has 112 valence electrons. The second kappa shape index (κ2) is 6.10. The van der Waals surface area contributed by atoms with Gasteiger partial charge in [0.05, 0.1) is 5.69 Å². The van der Waals surface area contributed by atoms with Crippen molar-refractivity contribution in [3.05, 3.63) is 24.0 Å². The Labute approximate surface area is 119 Å². The Morgan fingerprint density at radius 2 is 2.15 bits per heavy atom. The lowest BCUT2D eigenvalue weighted by atomic mass is 9.85. The third kappa shape index (κ3) is 3.49. The van der Waals surface area contributed by atoms with Crippen LogP contribution in [-0.2, 0) is 10.0 Å². The molecule has 0 spiro atoms. The molecule has 2 unspecified atom stereocenters. The Hall–Kier alpha value is -1.14. The fraction of sp³-hybridized carbons (Fsp3) is 0.571. The highest BCUT2D eigenvalue weighted by molar-refractivity contribution is 7.89. The molecule has 1 aromatic carbocycles. The van der Waals surface area contributed by atoms with E-state index in [0.717, 1.165) is 44.2 Å². The predicted octanol–water partition coefficient (Wildman–Crippen LogP) is 2.66. The highest BCUT2D eigenvalue weighted by atomic mass is 32.2. The molecule has 1 fully saturated rings. The molecule has 0 aromatic heterocycles. The Morgan fingerprint density at radius 3 is 2.85 bits per heavy atom. The molecule has 0 aliphatic heterocycles. The van der Waals surface area contributed by atoms with E-state index in [2.05, 4.69) is 11.6 Å². The molecule has 1 aliphatic carbocycles. The van der Waals surface area contributed by atoms with Crippen LogP contribution in [0.2, 0.25) is 0 Å². The fourth-order valence-corrected chi connectivity index (χ4v) is 4.22. The van der Waals surface area contributed by atoms with Gasteiger partial charge in [-0.1, -0.05) is 26.2 Å². The second-order valence-electron chi connectivity index (χ2n) is 5.44. The molecule has 4 nitrogen and oxygen atoms in total. The topological polar surface area (TPSA) is 72.2 Å². The van der Waals surface area contributed by atoms with Crippen LogP contribution in [-0.4, -0.2) is 14.5 Å². The SMILES string of the molecule is CCC1CCCC(NS(=O)(=O)c2cc(F)ccc2N)C1. The van der Waals surface area contributed by atoms with Gasteiger partial charge < -0.3 is 5.73 Å². The molecule has 0 bridgehead atoms. The van der Waals surface area contributed by atoms with E-state index in [-0.39, 0.29) is 16.6 Å². The van der Waals surface area contributed by atoms with Crippen molar-refractivity contribution < 1.29 is 12.8 Å². The first-order chi connectivity index (χ1) is 9.42. The van der Waals surface area contributed by atoms with E-state index in [1.165, 1.54) is 6.07 Å². The standard InChI is InChI=1S/C14H21FN2O2S/c1-2-10-4-3-5-12(8-10)17-20(18,19)14-9-11(15)6-7-13(14)16/h6-7,9-10,12,17H,2-5,8,16H2,1H3.